The van der Waals surface area contributed by atoms with Crippen molar-refractivity contribution in [3.8, 4) is 17.2 Å². The first kappa shape index (κ1) is 56.7. The van der Waals surface area contributed by atoms with E-state index in [1.165, 1.54) is 5.57 Å². The van der Waals surface area contributed by atoms with Crippen molar-refractivity contribution in [1.82, 2.24) is 16.0 Å². The van der Waals surface area contributed by atoms with Crippen LogP contribution < -0.4 is 31.8 Å². The maximum atomic E-state index is 15.6. The Balaban J connectivity index is 0.954. The largest absolute Gasteiger partial charge is 0.508 e. The van der Waals surface area contributed by atoms with Crippen LogP contribution in [0.15, 0.2) is 116 Å². The monoisotopic (exact) mass is 1150 g/mol. The number of rotatable bonds is 10. The second-order valence-electron chi connectivity index (χ2n) is 26.3. The third kappa shape index (κ3) is 9.14. The third-order valence-corrected chi connectivity index (χ3v) is 22.0. The minimum atomic E-state index is -1.60. The van der Waals surface area contributed by atoms with E-state index < -0.39 is 71.0 Å². The standard InChI is InChI=1S/C68H82N4O12/c1-4-51(67(80)21-17-39(29-67)37-9-8-10-41(23-37)68(81)30-42(32-73)66(35-68)19-6-7-20-66)64(79)83-54-28-49-60(78)58-53(77)27-44(33-74)82-62(58)59-56-47-18-22-71-63(69)57(47)46(16-12-36-11-14-43(76)26-48(36)50(56)34-75)45-15-13-38-25-55(70-5-2)72-31-40(38)24-52(45)65(54,3)84-61(49)59/h4,8-11,14,18,23,25-27,31,39,42,45-46,50,52,54-56,70-76,78,80-81H,5-7,12-13,15-17,19-22,24,28-30,32-35,69H2,1-3H3/b51-4+/t39-,42-,45+,46-,50+,52-,54+,55?,56-,65-,67-,68-/m0/s1. The van der Waals surface area contributed by atoms with Crippen LogP contribution in [0.1, 0.15) is 161 Å². The fourth-order valence-electron chi connectivity index (χ4n) is 18.0. The van der Waals surface area contributed by atoms with E-state index >= 15 is 4.79 Å². The SMILES string of the molecule is C/C=C(\C(=O)O[C@@H]1Cc2c3c(c4oc(CO)cc(=O)c4c2O)[C@H]2C4=CCNC(N)=C4[C@@H](CCc4ccc(O)cc4[C@H]2CO)[C@H]2CCC4=CC(NCC)NC=C4C[C@@H]2[C@]1(C)O3)[C@]1(O)CC[C@H](c2cccc([C@]3(O)C[C@@H](CO)C4(CCCC4)C3)c2)C1. The third-order valence-electron chi connectivity index (χ3n) is 22.0. The fourth-order valence-corrected chi connectivity index (χ4v) is 18.0. The van der Waals surface area contributed by atoms with Crippen LogP contribution in [0, 0.1) is 29.1 Å². The summed E-state index contributed by atoms with van der Waals surface area (Å²) in [5.41, 5.74) is 10.5. The Kier molecular flexibility index (Phi) is 14.5. The number of phenolic OH excluding ortho intramolecular Hbond substituents is 2. The molecule has 1 unspecified atom stereocenters. The average molecular weight is 1150 g/mol. The first-order chi connectivity index (χ1) is 40.5. The number of carbonyl (C=O) groups is 1. The molecule has 4 saturated carbocycles. The Morgan fingerprint density at radius 3 is 2.55 bits per heavy atom. The van der Waals surface area contributed by atoms with Crippen molar-refractivity contribution in [2.45, 2.75) is 171 Å². The van der Waals surface area contributed by atoms with Crippen LogP contribution in [0.25, 0.3) is 11.0 Å². The van der Waals surface area contributed by atoms with E-state index in [9.17, 15) is 40.5 Å². The van der Waals surface area contributed by atoms with Crippen LogP contribution >= 0.6 is 0 Å². The van der Waals surface area contributed by atoms with Gasteiger partial charge in [-0.15, -0.1) is 0 Å². The van der Waals surface area contributed by atoms with Crippen LogP contribution in [0.5, 0.6) is 17.2 Å². The average Bonchev–Trinajstić information content (AvgIpc) is 0.884. The highest BCUT2D eigenvalue weighted by molar-refractivity contribution is 5.93. The molecule has 0 amide bonds. The van der Waals surface area contributed by atoms with Crippen molar-refractivity contribution in [3.63, 3.8) is 0 Å². The summed E-state index contributed by atoms with van der Waals surface area (Å²) in [7, 11) is 0. The maximum absolute atomic E-state index is 15.6. The molecule has 16 heteroatoms. The summed E-state index contributed by atoms with van der Waals surface area (Å²) in [6.07, 6.45) is 16.1. The van der Waals surface area contributed by atoms with E-state index in [1.54, 1.807) is 25.1 Å². The summed E-state index contributed by atoms with van der Waals surface area (Å²) in [4.78, 5) is 30.2. The molecule has 12 N–H and O–H groups in total. The number of dihydropyridines is 2. The number of hydrogen-bond donors (Lipinski definition) is 11. The first-order valence-electron chi connectivity index (χ1n) is 30.9. The fraction of sp³-hybridized carbons (Fsp3) is 0.529. The van der Waals surface area contributed by atoms with Crippen molar-refractivity contribution < 1.29 is 54.4 Å². The molecule has 1 spiro atoms. The van der Waals surface area contributed by atoms with Crippen LogP contribution in [0.4, 0.5) is 0 Å². The number of carbonyl (C=O) groups excluding carboxylic acids is 1. The zero-order valence-corrected chi connectivity index (χ0v) is 48.5. The highest BCUT2D eigenvalue weighted by atomic mass is 16.6. The number of likely N-dealkylation sites (N-methyl/N-ethyl adjacent to an activating group) is 1. The van der Waals surface area contributed by atoms with Gasteiger partial charge in [-0.25, -0.2) is 4.79 Å². The van der Waals surface area contributed by atoms with Gasteiger partial charge in [0.25, 0.3) is 0 Å². The molecule has 5 aliphatic carbocycles. The summed E-state index contributed by atoms with van der Waals surface area (Å²) in [5, 5.41) is 93.0. The Hall–Kier alpha value is -6.40. The van der Waals surface area contributed by atoms with Gasteiger partial charge < -0.3 is 66.0 Å². The number of hydrogen-bond acceptors (Lipinski definition) is 16. The number of ether oxygens (including phenoxy) is 2. The molecule has 12 atom stereocenters. The van der Waals surface area contributed by atoms with Crippen molar-refractivity contribution in [2.24, 2.45) is 34.8 Å². The van der Waals surface area contributed by atoms with Gasteiger partial charge >= 0.3 is 5.97 Å². The predicted octanol–water partition coefficient (Wildman–Crippen LogP) is 8.00. The van der Waals surface area contributed by atoms with E-state index in [1.807, 2.05) is 31.2 Å². The number of benzene rings is 3. The molecule has 84 heavy (non-hydrogen) atoms. The van der Waals surface area contributed by atoms with Crippen LogP contribution in [0.2, 0.25) is 0 Å². The molecule has 1 aromatic heterocycles. The lowest BCUT2D eigenvalue weighted by molar-refractivity contribution is -0.171. The van der Waals surface area contributed by atoms with Crippen LogP contribution in [-0.4, -0.2) is 91.5 Å². The lowest BCUT2D eigenvalue weighted by atomic mass is 9.61. The molecule has 5 heterocycles. The second kappa shape index (κ2) is 21.5. The van der Waals surface area contributed by atoms with Gasteiger partial charge in [-0.1, -0.05) is 62.2 Å². The number of esters is 1. The topological polar surface area (TPSA) is 269 Å². The smallest absolute Gasteiger partial charge is 0.337 e. The summed E-state index contributed by atoms with van der Waals surface area (Å²) in [5.74, 6) is -3.26. The Labute approximate surface area is 490 Å². The van der Waals surface area contributed by atoms with Gasteiger partial charge in [0.2, 0.25) is 0 Å². The van der Waals surface area contributed by atoms with Gasteiger partial charge in [0.05, 0.1) is 29.5 Å². The molecule has 0 radical (unpaired) electrons. The molecule has 0 saturated heterocycles. The van der Waals surface area contributed by atoms with Gasteiger partial charge in [0.15, 0.2) is 5.43 Å². The maximum Gasteiger partial charge on any atom is 0.337 e. The van der Waals surface area contributed by atoms with Gasteiger partial charge in [0, 0.05) is 60.7 Å². The van der Waals surface area contributed by atoms with E-state index in [0.29, 0.717) is 74.9 Å². The zero-order valence-electron chi connectivity index (χ0n) is 48.5. The first-order valence-corrected chi connectivity index (χ1v) is 30.9. The molecule has 3 aromatic carbocycles. The number of nitrogens with one attached hydrogen (secondary N) is 3. The minimum absolute atomic E-state index is 0.0131. The van der Waals surface area contributed by atoms with E-state index in [2.05, 4.69) is 47.3 Å². The molecule has 4 bridgehead atoms. The predicted molar refractivity (Wildman–Crippen MR) is 316 cm³/mol. The van der Waals surface area contributed by atoms with Gasteiger partial charge in [0.1, 0.15) is 58.1 Å². The Morgan fingerprint density at radius 1 is 0.964 bits per heavy atom. The molecule has 4 fully saturated rings. The van der Waals surface area contributed by atoms with E-state index in [4.69, 9.17) is 19.6 Å². The highest BCUT2D eigenvalue weighted by Gasteiger charge is 2.59. The second-order valence-corrected chi connectivity index (χ2v) is 26.3. The molecule has 16 nitrogen and oxygen atoms in total. The number of phenols is 2. The summed E-state index contributed by atoms with van der Waals surface area (Å²) < 4.78 is 21.4. The zero-order chi connectivity index (χ0) is 58.6. The quantitative estimate of drug-likeness (QED) is 0.0530. The summed E-state index contributed by atoms with van der Waals surface area (Å²) in [6.45, 7) is 5.87. The molecule has 13 rings (SSSR count). The number of aryl methyl sites for hydroxylation is 1. The van der Waals surface area contributed by atoms with E-state index in [0.717, 1.165) is 71.7 Å². The van der Waals surface area contributed by atoms with Crippen molar-refractivity contribution >= 4 is 16.9 Å². The van der Waals surface area contributed by atoms with E-state index in [-0.39, 0.29) is 100 Å². The molecule has 446 valence electrons. The summed E-state index contributed by atoms with van der Waals surface area (Å²) >= 11 is 0. The van der Waals surface area contributed by atoms with Gasteiger partial charge in [-0.3, -0.25) is 10.1 Å². The molecular formula is C68H82N4O12. The van der Waals surface area contributed by atoms with Crippen LogP contribution in [-0.2, 0) is 34.6 Å². The molecule has 4 aliphatic heterocycles. The molecule has 9 aliphatic rings. The lowest BCUT2D eigenvalue weighted by Gasteiger charge is -2.52. The molecule has 4 aromatic rings. The highest BCUT2D eigenvalue weighted by Crippen LogP contribution is 2.63. The Bertz CT molecular complexity index is 3540. The normalized spacial score (nSPS) is 33.1. The van der Waals surface area contributed by atoms with Gasteiger partial charge in [-0.2, -0.15) is 0 Å². The lowest BCUT2D eigenvalue weighted by Crippen LogP contribution is -2.59. The Morgan fingerprint density at radius 2 is 1.79 bits per heavy atom. The van der Waals surface area contributed by atoms with Crippen molar-refractivity contribution in [3.05, 3.63) is 156 Å². The van der Waals surface area contributed by atoms with Crippen LogP contribution in [0.3, 0.4) is 0 Å². The number of aliphatic hydroxyl groups excluding tert-OH is 3. The van der Waals surface area contributed by atoms with Gasteiger partial charge in [-0.05, 0) is 189 Å². The minimum Gasteiger partial charge on any atom is -0.508 e. The van der Waals surface area contributed by atoms with Crippen molar-refractivity contribution in [2.75, 3.05) is 26.3 Å². The molecular weight excluding hydrogens is 1060 g/mol. The number of aliphatic hydroxyl groups is 5. The number of nitrogens with two attached hydrogens (primary N) is 1. The number of allylic oxidation sites excluding steroid dienone is 5. The summed E-state index contributed by atoms with van der Waals surface area (Å²) in [6, 6.07) is 14.5. The number of fused-ring (bicyclic) bond motifs is 9. The van der Waals surface area contributed by atoms with Crippen molar-refractivity contribution in [1.29, 1.82) is 0 Å². The number of aromatic hydroxyl groups is 2.